The number of amides is 2. The first kappa shape index (κ1) is 14.8. The van der Waals surface area contributed by atoms with Crippen LogP contribution >= 0.6 is 0 Å². The number of urea groups is 1. The summed E-state index contributed by atoms with van der Waals surface area (Å²) in [6, 6.07) is -0.351. The summed E-state index contributed by atoms with van der Waals surface area (Å²) in [6.45, 7) is 4.57. The summed E-state index contributed by atoms with van der Waals surface area (Å²) in [5.74, 6) is -0.934. The standard InChI is InChI=1S/C12H22N2O4/c1-12(2,7-10(15)16)14-11(17)13-8-9-5-3-4-6-18-9/h9H,3-8H2,1-2H3,(H,15,16)(H2,13,14,17). The van der Waals surface area contributed by atoms with E-state index < -0.39 is 11.5 Å². The van der Waals surface area contributed by atoms with Crippen molar-refractivity contribution in [2.24, 2.45) is 0 Å². The van der Waals surface area contributed by atoms with Crippen LogP contribution in [0.25, 0.3) is 0 Å². The molecule has 0 aromatic carbocycles. The lowest BCUT2D eigenvalue weighted by atomic mass is 10.0. The molecular formula is C12H22N2O4. The fourth-order valence-corrected chi connectivity index (χ4v) is 1.95. The molecule has 104 valence electrons. The topological polar surface area (TPSA) is 87.7 Å². The zero-order valence-electron chi connectivity index (χ0n) is 11.0. The zero-order chi connectivity index (χ0) is 13.6. The molecular weight excluding hydrogens is 236 g/mol. The number of nitrogens with one attached hydrogen (secondary N) is 2. The molecule has 18 heavy (non-hydrogen) atoms. The Bertz CT molecular complexity index is 298. The molecule has 6 nitrogen and oxygen atoms in total. The molecule has 0 bridgehead atoms. The van der Waals surface area contributed by atoms with Gasteiger partial charge in [0.2, 0.25) is 0 Å². The van der Waals surface area contributed by atoms with E-state index in [1.54, 1.807) is 13.8 Å². The molecule has 0 radical (unpaired) electrons. The average Bonchev–Trinajstić information content (AvgIpc) is 2.25. The molecule has 1 rings (SSSR count). The molecule has 2 amide bonds. The lowest BCUT2D eigenvalue weighted by Crippen LogP contribution is -2.51. The molecule has 0 spiro atoms. The van der Waals surface area contributed by atoms with Crippen molar-refractivity contribution in [3.63, 3.8) is 0 Å². The summed E-state index contributed by atoms with van der Waals surface area (Å²) >= 11 is 0. The van der Waals surface area contributed by atoms with Crippen molar-refractivity contribution in [1.82, 2.24) is 10.6 Å². The third-order valence-electron chi connectivity index (χ3n) is 2.81. The summed E-state index contributed by atoms with van der Waals surface area (Å²) in [5.41, 5.74) is -0.761. The predicted octanol–water partition coefficient (Wildman–Crippen LogP) is 1.11. The van der Waals surface area contributed by atoms with Crippen LogP contribution in [0.1, 0.15) is 39.5 Å². The number of carbonyl (C=O) groups is 2. The highest BCUT2D eigenvalue weighted by atomic mass is 16.5. The van der Waals surface area contributed by atoms with Gasteiger partial charge in [0.25, 0.3) is 0 Å². The number of hydrogen-bond acceptors (Lipinski definition) is 3. The minimum Gasteiger partial charge on any atom is -0.481 e. The number of rotatable bonds is 5. The van der Waals surface area contributed by atoms with E-state index in [9.17, 15) is 9.59 Å². The van der Waals surface area contributed by atoms with Crippen LogP contribution in [0.15, 0.2) is 0 Å². The van der Waals surface area contributed by atoms with Crippen molar-refractivity contribution in [3.05, 3.63) is 0 Å². The number of hydrogen-bond donors (Lipinski definition) is 3. The van der Waals surface area contributed by atoms with Crippen LogP contribution in [0, 0.1) is 0 Å². The fraction of sp³-hybridized carbons (Fsp3) is 0.833. The van der Waals surface area contributed by atoms with Gasteiger partial charge in [-0.15, -0.1) is 0 Å². The van der Waals surface area contributed by atoms with E-state index in [4.69, 9.17) is 9.84 Å². The maximum Gasteiger partial charge on any atom is 0.315 e. The summed E-state index contributed by atoms with van der Waals surface area (Å²) in [4.78, 5) is 22.2. The summed E-state index contributed by atoms with van der Waals surface area (Å²) < 4.78 is 5.49. The van der Waals surface area contributed by atoms with Crippen LogP contribution < -0.4 is 10.6 Å². The molecule has 1 heterocycles. The summed E-state index contributed by atoms with van der Waals surface area (Å²) in [7, 11) is 0. The van der Waals surface area contributed by atoms with E-state index in [2.05, 4.69) is 10.6 Å². The molecule has 1 aliphatic rings. The Morgan fingerprint density at radius 2 is 2.11 bits per heavy atom. The van der Waals surface area contributed by atoms with E-state index in [1.807, 2.05) is 0 Å². The normalized spacial score (nSPS) is 20.2. The highest BCUT2D eigenvalue weighted by molar-refractivity contribution is 5.76. The van der Waals surface area contributed by atoms with Crippen molar-refractivity contribution in [2.45, 2.75) is 51.2 Å². The quantitative estimate of drug-likeness (QED) is 0.689. The Kier molecular flexibility index (Phi) is 5.40. The van der Waals surface area contributed by atoms with E-state index in [0.29, 0.717) is 6.54 Å². The fourth-order valence-electron chi connectivity index (χ4n) is 1.95. The van der Waals surface area contributed by atoms with E-state index in [0.717, 1.165) is 25.9 Å². The van der Waals surface area contributed by atoms with Crippen LogP contribution in [0.5, 0.6) is 0 Å². The second-order valence-corrected chi connectivity index (χ2v) is 5.28. The molecule has 0 aliphatic carbocycles. The van der Waals surface area contributed by atoms with Gasteiger partial charge in [0.05, 0.1) is 12.5 Å². The molecule has 1 unspecified atom stereocenters. The van der Waals surface area contributed by atoms with E-state index in [1.165, 1.54) is 0 Å². The van der Waals surface area contributed by atoms with Crippen molar-refractivity contribution in [3.8, 4) is 0 Å². The van der Waals surface area contributed by atoms with Crippen LogP contribution in [0.4, 0.5) is 4.79 Å². The number of carboxylic acid groups (broad SMARTS) is 1. The van der Waals surface area contributed by atoms with Crippen molar-refractivity contribution >= 4 is 12.0 Å². The largest absolute Gasteiger partial charge is 0.481 e. The van der Waals surface area contributed by atoms with Crippen molar-refractivity contribution in [2.75, 3.05) is 13.2 Å². The highest BCUT2D eigenvalue weighted by Crippen LogP contribution is 2.12. The highest BCUT2D eigenvalue weighted by Gasteiger charge is 2.24. The Labute approximate surface area is 107 Å². The van der Waals surface area contributed by atoms with Crippen LogP contribution in [-0.2, 0) is 9.53 Å². The first-order chi connectivity index (χ1) is 8.39. The van der Waals surface area contributed by atoms with Gasteiger partial charge in [-0.2, -0.15) is 0 Å². The molecule has 1 atom stereocenters. The van der Waals surface area contributed by atoms with Gasteiger partial charge < -0.3 is 20.5 Å². The first-order valence-electron chi connectivity index (χ1n) is 6.28. The average molecular weight is 258 g/mol. The SMILES string of the molecule is CC(C)(CC(=O)O)NC(=O)NCC1CCCCO1. The van der Waals surface area contributed by atoms with E-state index in [-0.39, 0.29) is 18.6 Å². The number of carbonyl (C=O) groups excluding carboxylic acids is 1. The maximum absolute atomic E-state index is 11.6. The molecule has 6 heteroatoms. The smallest absolute Gasteiger partial charge is 0.315 e. The first-order valence-corrected chi connectivity index (χ1v) is 6.28. The van der Waals surface area contributed by atoms with Crippen LogP contribution in [0.3, 0.4) is 0 Å². The van der Waals surface area contributed by atoms with Gasteiger partial charge in [0.15, 0.2) is 0 Å². The maximum atomic E-state index is 11.6. The molecule has 0 aromatic heterocycles. The Hall–Kier alpha value is -1.30. The minimum absolute atomic E-state index is 0.0760. The lowest BCUT2D eigenvalue weighted by Gasteiger charge is -2.26. The Morgan fingerprint density at radius 1 is 1.39 bits per heavy atom. The minimum atomic E-state index is -0.934. The molecule has 1 saturated heterocycles. The van der Waals surface area contributed by atoms with Crippen molar-refractivity contribution < 1.29 is 19.4 Å². The summed E-state index contributed by atoms with van der Waals surface area (Å²) in [5, 5.41) is 14.1. The van der Waals surface area contributed by atoms with Gasteiger partial charge in [0, 0.05) is 18.7 Å². The third-order valence-corrected chi connectivity index (χ3v) is 2.81. The molecule has 3 N–H and O–H groups in total. The van der Waals surface area contributed by atoms with Gasteiger partial charge in [-0.05, 0) is 33.1 Å². The third kappa shape index (κ3) is 5.86. The predicted molar refractivity (Wildman–Crippen MR) is 66.5 cm³/mol. The summed E-state index contributed by atoms with van der Waals surface area (Å²) in [6.07, 6.45) is 3.12. The van der Waals surface area contributed by atoms with Gasteiger partial charge in [0.1, 0.15) is 0 Å². The second kappa shape index (κ2) is 6.58. The Balaban J connectivity index is 2.25. The number of ether oxygens (including phenoxy) is 1. The molecule has 0 aromatic rings. The lowest BCUT2D eigenvalue weighted by molar-refractivity contribution is -0.138. The van der Waals surface area contributed by atoms with Gasteiger partial charge >= 0.3 is 12.0 Å². The molecule has 1 fully saturated rings. The monoisotopic (exact) mass is 258 g/mol. The van der Waals surface area contributed by atoms with Crippen LogP contribution in [-0.4, -0.2) is 41.9 Å². The van der Waals surface area contributed by atoms with Gasteiger partial charge in [-0.1, -0.05) is 0 Å². The van der Waals surface area contributed by atoms with Crippen molar-refractivity contribution in [1.29, 1.82) is 0 Å². The van der Waals surface area contributed by atoms with Crippen LogP contribution in [0.2, 0.25) is 0 Å². The second-order valence-electron chi connectivity index (χ2n) is 5.28. The van der Waals surface area contributed by atoms with Gasteiger partial charge in [-0.25, -0.2) is 4.79 Å². The number of aliphatic carboxylic acids is 1. The number of carboxylic acids is 1. The molecule has 0 saturated carbocycles. The molecule has 1 aliphatic heterocycles. The zero-order valence-corrected chi connectivity index (χ0v) is 11.0. The van der Waals surface area contributed by atoms with Gasteiger partial charge in [-0.3, -0.25) is 4.79 Å². The Morgan fingerprint density at radius 3 is 2.67 bits per heavy atom. The van der Waals surface area contributed by atoms with E-state index >= 15 is 0 Å².